The highest BCUT2D eigenvalue weighted by atomic mass is 32.2. The first-order chi connectivity index (χ1) is 14.6. The highest BCUT2D eigenvalue weighted by Gasteiger charge is 2.46. The van der Waals surface area contributed by atoms with Crippen LogP contribution in [0.25, 0.3) is 0 Å². The summed E-state index contributed by atoms with van der Waals surface area (Å²) in [5.41, 5.74) is -5.55. The van der Waals surface area contributed by atoms with Crippen molar-refractivity contribution in [1.29, 1.82) is 0 Å². The molecule has 0 spiro atoms. The zero-order valence-corrected chi connectivity index (χ0v) is 18.6. The van der Waals surface area contributed by atoms with Gasteiger partial charge in [-0.3, -0.25) is 9.52 Å². The molecule has 2 bridgehead atoms. The number of nitrogens with one attached hydrogen (secondary N) is 2. The van der Waals surface area contributed by atoms with Crippen molar-refractivity contribution in [1.82, 2.24) is 10.2 Å². The largest absolute Gasteiger partial charge is 0.516 e. The molecule has 3 aliphatic rings. The minimum absolute atomic E-state index is 0.0903. The second-order valence-electron chi connectivity index (χ2n) is 7.51. The number of benzene rings is 1. The smallest absolute Gasteiger partial charge is 0.347 e. The van der Waals surface area contributed by atoms with Crippen LogP contribution in [0.2, 0.25) is 0 Å². The van der Waals surface area contributed by atoms with Crippen LogP contribution in [0.15, 0.2) is 45.5 Å². The Morgan fingerprint density at radius 3 is 2.35 bits per heavy atom. The van der Waals surface area contributed by atoms with Crippen molar-refractivity contribution >= 4 is 44.7 Å². The Morgan fingerprint density at radius 1 is 1.10 bits per heavy atom. The molecule has 3 aliphatic heterocycles. The summed E-state index contributed by atoms with van der Waals surface area (Å²) in [5, 5.41) is 3.15. The number of fused-ring (bicyclic) bond motifs is 3. The summed E-state index contributed by atoms with van der Waals surface area (Å²) in [6, 6.07) is 9.33. The molecule has 0 aliphatic carbocycles. The highest BCUT2D eigenvalue weighted by Crippen LogP contribution is 2.35. The normalized spacial score (nSPS) is 23.5. The molecular weight excluding hydrogens is 471 g/mol. The molecule has 2 aromatic rings. The van der Waals surface area contributed by atoms with Crippen LogP contribution >= 0.6 is 23.1 Å². The molecule has 1 amide bonds. The van der Waals surface area contributed by atoms with Gasteiger partial charge in [0.1, 0.15) is 0 Å². The number of sulfonamides is 1. The average molecular weight is 492 g/mol. The number of hydrogen-bond donors (Lipinski definition) is 2. The van der Waals surface area contributed by atoms with E-state index in [1.165, 1.54) is 52.1 Å². The molecule has 168 valence electrons. The van der Waals surface area contributed by atoms with Crippen molar-refractivity contribution in [3.8, 4) is 0 Å². The maximum atomic E-state index is 12.6. The lowest BCUT2D eigenvalue weighted by molar-refractivity contribution is -0.0429. The third-order valence-electron chi connectivity index (χ3n) is 5.41. The number of halogens is 3. The molecule has 1 aromatic heterocycles. The number of piperidine rings is 3. The third-order valence-corrected chi connectivity index (χ3v) is 8.75. The second-order valence-corrected chi connectivity index (χ2v) is 11.6. The molecule has 1 aromatic carbocycles. The molecule has 6 nitrogen and oxygen atoms in total. The van der Waals surface area contributed by atoms with Crippen LogP contribution in [0, 0.1) is 5.92 Å². The molecule has 3 fully saturated rings. The Hall–Kier alpha value is -1.76. The predicted molar refractivity (Wildman–Crippen MR) is 114 cm³/mol. The van der Waals surface area contributed by atoms with Crippen LogP contribution in [0.5, 0.6) is 0 Å². The van der Waals surface area contributed by atoms with Gasteiger partial charge in [0.25, 0.3) is 5.91 Å². The average Bonchev–Trinajstić information content (AvgIpc) is 3.18. The van der Waals surface area contributed by atoms with E-state index in [9.17, 15) is 26.4 Å². The molecule has 4 heterocycles. The first-order valence-corrected chi connectivity index (χ1v) is 12.7. The van der Waals surface area contributed by atoms with Gasteiger partial charge in [0, 0.05) is 23.2 Å². The minimum Gasteiger partial charge on any atom is -0.347 e. The number of carbonyl (C=O) groups is 1. The van der Waals surface area contributed by atoms with Gasteiger partial charge in [-0.15, -0.1) is 11.3 Å². The van der Waals surface area contributed by atoms with Gasteiger partial charge < -0.3 is 10.2 Å². The van der Waals surface area contributed by atoms with Crippen LogP contribution in [0.3, 0.4) is 0 Å². The van der Waals surface area contributed by atoms with Crippen LogP contribution in [-0.4, -0.2) is 50.4 Å². The van der Waals surface area contributed by atoms with Crippen molar-refractivity contribution in [2.45, 2.75) is 33.5 Å². The van der Waals surface area contributed by atoms with Gasteiger partial charge in [-0.1, -0.05) is 11.8 Å². The van der Waals surface area contributed by atoms with Crippen LogP contribution in [0.4, 0.5) is 18.9 Å². The van der Waals surface area contributed by atoms with E-state index in [2.05, 4.69) is 10.2 Å². The second kappa shape index (κ2) is 8.64. The number of rotatable bonds is 6. The van der Waals surface area contributed by atoms with Gasteiger partial charge in [0.15, 0.2) is 0 Å². The number of alkyl halides is 3. The SMILES string of the molecule is O=C(NC1CN2CCC1CC2)c1ccc(Sc2ccc(NS(=O)(=O)C(F)(F)F)cc2)s1. The molecule has 1 unspecified atom stereocenters. The maximum Gasteiger partial charge on any atom is 0.516 e. The fourth-order valence-electron chi connectivity index (χ4n) is 3.79. The molecule has 2 N–H and O–H groups in total. The number of anilines is 1. The fraction of sp³-hybridized carbons (Fsp3) is 0.421. The highest BCUT2D eigenvalue weighted by molar-refractivity contribution is 8.01. The van der Waals surface area contributed by atoms with Gasteiger partial charge >= 0.3 is 15.5 Å². The Morgan fingerprint density at radius 2 is 1.77 bits per heavy atom. The quantitative estimate of drug-likeness (QED) is 0.639. The lowest BCUT2D eigenvalue weighted by atomic mass is 9.84. The van der Waals surface area contributed by atoms with E-state index in [-0.39, 0.29) is 17.6 Å². The zero-order chi connectivity index (χ0) is 22.2. The monoisotopic (exact) mass is 491 g/mol. The van der Waals surface area contributed by atoms with Crippen LogP contribution in [0.1, 0.15) is 22.5 Å². The standard InChI is InChI=1S/C19H20F3N3O3S3/c20-19(21,22)31(27,28)24-13-1-3-14(4-2-13)29-17-6-5-16(30-17)18(26)23-15-11-25-9-7-12(15)8-10-25/h1-6,12,15,24H,7-11H2,(H,23,26). The van der Waals surface area contributed by atoms with E-state index in [0.717, 1.165) is 36.7 Å². The zero-order valence-electron chi connectivity index (χ0n) is 16.2. The molecule has 0 radical (unpaired) electrons. The summed E-state index contributed by atoms with van der Waals surface area (Å²) < 4.78 is 62.1. The van der Waals surface area contributed by atoms with E-state index >= 15 is 0 Å². The number of carbonyl (C=O) groups excluding carboxylic acids is 1. The lowest BCUT2D eigenvalue weighted by Gasteiger charge is -2.44. The fourth-order valence-corrected chi connectivity index (χ4v) is 6.35. The molecule has 0 saturated carbocycles. The molecule has 3 saturated heterocycles. The summed E-state index contributed by atoms with van der Waals surface area (Å²) in [6.07, 6.45) is 2.23. The van der Waals surface area contributed by atoms with Crippen molar-refractivity contribution in [2.24, 2.45) is 5.92 Å². The van der Waals surface area contributed by atoms with Crippen molar-refractivity contribution in [2.75, 3.05) is 24.4 Å². The molecule has 31 heavy (non-hydrogen) atoms. The van der Waals surface area contributed by atoms with Gasteiger partial charge in [-0.25, -0.2) is 0 Å². The van der Waals surface area contributed by atoms with Crippen molar-refractivity contribution < 1.29 is 26.4 Å². The molecular formula is C19H20F3N3O3S3. The summed E-state index contributed by atoms with van der Waals surface area (Å²) in [6.45, 7) is 3.11. The number of thiophene rings is 1. The van der Waals surface area contributed by atoms with Gasteiger partial charge in [-0.05, 0) is 68.2 Å². The Labute approximate surface area is 186 Å². The van der Waals surface area contributed by atoms with Crippen molar-refractivity contribution in [3.63, 3.8) is 0 Å². The van der Waals surface area contributed by atoms with E-state index in [1.54, 1.807) is 6.07 Å². The predicted octanol–water partition coefficient (Wildman–Crippen LogP) is 3.98. The molecule has 5 rings (SSSR count). The first kappa shape index (κ1) is 22.4. The lowest BCUT2D eigenvalue weighted by Crippen LogP contribution is -2.57. The first-order valence-electron chi connectivity index (χ1n) is 9.61. The maximum absolute atomic E-state index is 12.6. The number of hydrogen-bond acceptors (Lipinski definition) is 6. The van der Waals surface area contributed by atoms with Crippen LogP contribution in [-0.2, 0) is 10.0 Å². The summed E-state index contributed by atoms with van der Waals surface area (Å²) >= 11 is 2.69. The minimum atomic E-state index is -5.45. The topological polar surface area (TPSA) is 78.5 Å². The van der Waals surface area contributed by atoms with E-state index < -0.39 is 15.5 Å². The number of amides is 1. The summed E-state index contributed by atoms with van der Waals surface area (Å²) in [7, 11) is -5.45. The number of nitrogens with zero attached hydrogens (tertiary/aromatic N) is 1. The van der Waals surface area contributed by atoms with E-state index in [1.807, 2.05) is 6.07 Å². The van der Waals surface area contributed by atoms with E-state index in [0.29, 0.717) is 15.7 Å². The van der Waals surface area contributed by atoms with Crippen LogP contribution < -0.4 is 10.0 Å². The van der Waals surface area contributed by atoms with Gasteiger partial charge in [-0.2, -0.15) is 21.6 Å². The Kier molecular flexibility index (Phi) is 6.25. The molecule has 1 atom stereocenters. The van der Waals surface area contributed by atoms with Gasteiger partial charge in [0.2, 0.25) is 0 Å². The Balaban J connectivity index is 1.35. The Bertz CT molecular complexity index is 1050. The summed E-state index contributed by atoms with van der Waals surface area (Å²) in [5.74, 6) is 0.448. The summed E-state index contributed by atoms with van der Waals surface area (Å²) in [4.78, 5) is 16.3. The van der Waals surface area contributed by atoms with Gasteiger partial charge in [0.05, 0.1) is 9.09 Å². The molecule has 12 heteroatoms. The third kappa shape index (κ3) is 5.18. The van der Waals surface area contributed by atoms with E-state index in [4.69, 9.17) is 0 Å². The van der Waals surface area contributed by atoms with Crippen molar-refractivity contribution in [3.05, 3.63) is 41.3 Å².